The van der Waals surface area contributed by atoms with Crippen LogP contribution in [0.2, 0.25) is 0 Å². The molecule has 3 N–H and O–H groups in total. The van der Waals surface area contributed by atoms with Gasteiger partial charge in [0.15, 0.2) is 5.41 Å². The molecule has 1 aliphatic heterocycles. The number of aryl methyl sites for hydroxylation is 2. The molecule has 1 saturated carbocycles. The lowest BCUT2D eigenvalue weighted by Crippen LogP contribution is -2.27. The number of amides is 2. The third-order valence-corrected chi connectivity index (χ3v) is 6.90. The lowest BCUT2D eigenvalue weighted by atomic mass is 9.88. The summed E-state index contributed by atoms with van der Waals surface area (Å²) in [5.41, 5.74) is 10.9. The highest BCUT2D eigenvalue weighted by Gasteiger charge is 2.72. The second-order valence-corrected chi connectivity index (χ2v) is 8.81. The molecule has 0 bridgehead atoms. The maximum atomic E-state index is 13.2. The molecule has 0 aromatic heterocycles. The zero-order valence-electron chi connectivity index (χ0n) is 18.4. The minimum atomic E-state index is -1.43. The topological polar surface area (TPSA) is 96.0 Å². The van der Waals surface area contributed by atoms with Crippen LogP contribution in [0.15, 0.2) is 72.8 Å². The maximum Gasteiger partial charge on any atom is 0.256 e. The van der Waals surface area contributed by atoms with Crippen LogP contribution in [0.5, 0.6) is 0 Å². The first-order valence-electron chi connectivity index (χ1n) is 10.9. The minimum absolute atomic E-state index is 0.238. The highest BCUT2D eigenvalue weighted by Crippen LogP contribution is 2.70. The van der Waals surface area contributed by atoms with Crippen LogP contribution < -0.4 is 11.1 Å². The molecule has 1 aliphatic carbocycles. The number of hydrogen-bond donors (Lipinski definition) is 2. The number of carbonyl (C=O) groups excluding carboxylic acids is 2. The van der Waals surface area contributed by atoms with E-state index in [0.29, 0.717) is 11.1 Å². The van der Waals surface area contributed by atoms with E-state index < -0.39 is 23.2 Å². The molecule has 33 heavy (non-hydrogen) atoms. The van der Waals surface area contributed by atoms with E-state index in [4.69, 9.17) is 5.73 Å². The molecule has 1 fully saturated rings. The maximum absolute atomic E-state index is 13.2. The fraction of sp³-hybridized carbons (Fsp3) is 0.179. The van der Waals surface area contributed by atoms with E-state index in [0.717, 1.165) is 33.5 Å². The number of hydrogen-bond acceptors (Lipinski definition) is 3. The van der Waals surface area contributed by atoms with Crippen molar-refractivity contribution in [2.75, 3.05) is 5.32 Å². The van der Waals surface area contributed by atoms with Gasteiger partial charge < -0.3 is 11.1 Å². The van der Waals surface area contributed by atoms with E-state index in [1.54, 1.807) is 0 Å². The van der Waals surface area contributed by atoms with Crippen molar-refractivity contribution in [1.29, 1.82) is 5.26 Å². The van der Waals surface area contributed by atoms with Gasteiger partial charge in [-0.25, -0.2) is 0 Å². The number of para-hydroxylation sites is 1. The van der Waals surface area contributed by atoms with Crippen LogP contribution in [0, 0.1) is 36.5 Å². The average Bonchev–Trinajstić information content (AvgIpc) is 3.36. The van der Waals surface area contributed by atoms with Crippen LogP contribution in [0.25, 0.3) is 11.1 Å². The largest absolute Gasteiger partial charge is 0.368 e. The van der Waals surface area contributed by atoms with Gasteiger partial charge in [-0.2, -0.15) is 5.26 Å². The number of carbonyl (C=O) groups is 2. The van der Waals surface area contributed by atoms with Crippen LogP contribution in [0.4, 0.5) is 5.69 Å². The number of fused-ring (bicyclic) bond motifs is 1. The Hall–Kier alpha value is -4.17. The Morgan fingerprint density at radius 1 is 1.03 bits per heavy atom. The summed E-state index contributed by atoms with van der Waals surface area (Å²) in [7, 11) is 0. The number of nitrogens with zero attached hydrogens (tertiary/aromatic N) is 1. The second-order valence-electron chi connectivity index (χ2n) is 8.81. The molecule has 0 unspecified atom stereocenters. The van der Waals surface area contributed by atoms with Gasteiger partial charge in [0, 0.05) is 23.1 Å². The van der Waals surface area contributed by atoms with E-state index in [1.807, 2.05) is 86.6 Å². The van der Waals surface area contributed by atoms with Crippen LogP contribution in [0.3, 0.4) is 0 Å². The van der Waals surface area contributed by atoms with Gasteiger partial charge in [0.2, 0.25) is 5.91 Å². The average molecular weight is 434 g/mol. The van der Waals surface area contributed by atoms with Gasteiger partial charge in [-0.05, 0) is 42.2 Å². The number of nitrogens with one attached hydrogen (secondary N) is 1. The molecule has 162 valence electrons. The van der Waals surface area contributed by atoms with E-state index in [2.05, 4.69) is 11.4 Å². The molecule has 0 spiro atoms. The van der Waals surface area contributed by atoms with Crippen molar-refractivity contribution in [3.05, 3.63) is 101 Å². The van der Waals surface area contributed by atoms with Crippen molar-refractivity contribution in [1.82, 2.24) is 0 Å². The Labute approximate surface area is 192 Å². The zero-order valence-corrected chi connectivity index (χ0v) is 18.4. The Bertz CT molecular complexity index is 1380. The molecule has 3 atom stereocenters. The molecular weight excluding hydrogens is 410 g/mol. The van der Waals surface area contributed by atoms with Crippen molar-refractivity contribution in [3.63, 3.8) is 0 Å². The lowest BCUT2D eigenvalue weighted by molar-refractivity contribution is -0.121. The van der Waals surface area contributed by atoms with Crippen molar-refractivity contribution in [2.24, 2.45) is 17.1 Å². The van der Waals surface area contributed by atoms with Crippen molar-refractivity contribution in [2.45, 2.75) is 19.8 Å². The highest BCUT2D eigenvalue weighted by atomic mass is 16.2. The monoisotopic (exact) mass is 433 g/mol. The summed E-state index contributed by atoms with van der Waals surface area (Å²) in [4.78, 5) is 26.1. The third-order valence-electron chi connectivity index (χ3n) is 6.90. The van der Waals surface area contributed by atoms with Gasteiger partial charge >= 0.3 is 0 Å². The molecule has 1 heterocycles. The number of rotatable bonds is 4. The first-order valence-corrected chi connectivity index (χ1v) is 10.9. The number of benzene rings is 3. The fourth-order valence-corrected chi connectivity index (χ4v) is 5.36. The molecule has 5 nitrogen and oxygen atoms in total. The molecule has 5 rings (SSSR count). The van der Waals surface area contributed by atoms with Gasteiger partial charge in [0.1, 0.15) is 0 Å². The highest BCUT2D eigenvalue weighted by molar-refractivity contribution is 6.37. The number of anilines is 1. The van der Waals surface area contributed by atoms with Crippen molar-refractivity contribution in [3.8, 4) is 6.07 Å². The predicted molar refractivity (Wildman–Crippen MR) is 128 cm³/mol. The number of nitrogens with two attached hydrogens (primary N) is 1. The summed E-state index contributed by atoms with van der Waals surface area (Å²) in [5, 5.41) is 13.2. The lowest BCUT2D eigenvalue weighted by Gasteiger charge is -2.13. The van der Waals surface area contributed by atoms with Gasteiger partial charge in [0.25, 0.3) is 5.91 Å². The van der Waals surface area contributed by atoms with Gasteiger partial charge in [-0.1, -0.05) is 72.3 Å². The SMILES string of the molecule is Cc1ccc([C@H]2[C@H](/C(=C3/C(=O)Nc4ccccc43)c3ccccc3)[C@]2(C#N)C(N)=O)c(C)c1. The minimum Gasteiger partial charge on any atom is -0.368 e. The van der Waals surface area contributed by atoms with Crippen LogP contribution in [0.1, 0.15) is 33.7 Å². The van der Waals surface area contributed by atoms with E-state index in [-0.39, 0.29) is 5.91 Å². The fourth-order valence-electron chi connectivity index (χ4n) is 5.36. The molecule has 0 radical (unpaired) electrons. The molecule has 0 saturated heterocycles. The summed E-state index contributed by atoms with van der Waals surface area (Å²) >= 11 is 0. The molecule has 3 aromatic carbocycles. The summed E-state index contributed by atoms with van der Waals surface area (Å²) in [6.45, 7) is 3.98. The number of primary amides is 1. The Morgan fingerprint density at radius 3 is 2.39 bits per heavy atom. The van der Waals surface area contributed by atoms with Gasteiger partial charge in [0.05, 0.1) is 11.6 Å². The second kappa shape index (κ2) is 7.46. The first-order chi connectivity index (χ1) is 15.9. The van der Waals surface area contributed by atoms with E-state index in [1.165, 1.54) is 0 Å². The van der Waals surface area contributed by atoms with E-state index >= 15 is 0 Å². The van der Waals surface area contributed by atoms with Crippen LogP contribution in [-0.4, -0.2) is 11.8 Å². The summed E-state index contributed by atoms with van der Waals surface area (Å²) in [5.74, 6) is -1.89. The van der Waals surface area contributed by atoms with Gasteiger partial charge in [-0.3, -0.25) is 9.59 Å². The van der Waals surface area contributed by atoms with Crippen LogP contribution in [-0.2, 0) is 9.59 Å². The first kappa shape index (κ1) is 20.7. The smallest absolute Gasteiger partial charge is 0.256 e. The Morgan fingerprint density at radius 2 is 1.73 bits per heavy atom. The third kappa shape index (κ3) is 2.99. The Balaban J connectivity index is 1.81. The van der Waals surface area contributed by atoms with Crippen molar-refractivity contribution >= 4 is 28.6 Å². The summed E-state index contributed by atoms with van der Waals surface area (Å²) in [6.07, 6.45) is 0. The normalized spacial score (nSPS) is 24.5. The molecular formula is C28H23N3O2. The standard InChI is InChI=1S/C28H23N3O2/c1-16-12-13-19(17(2)14-16)24-25(28(24,15-29)27(30)33)22(18-8-4-3-5-9-18)23-20-10-6-7-11-21(20)31-26(23)32/h3-14,24-25H,1-2H3,(H2,30,33)(H,31,32)/b23-22+/t24-,25-,28+/m0/s1. The van der Waals surface area contributed by atoms with Crippen LogP contribution >= 0.6 is 0 Å². The van der Waals surface area contributed by atoms with E-state index in [9.17, 15) is 14.9 Å². The molecule has 5 heteroatoms. The summed E-state index contributed by atoms with van der Waals surface area (Å²) in [6, 6.07) is 25.2. The number of nitriles is 1. The molecule has 2 amide bonds. The molecule has 3 aromatic rings. The summed E-state index contributed by atoms with van der Waals surface area (Å²) < 4.78 is 0. The Kier molecular flexibility index (Phi) is 4.68. The zero-order chi connectivity index (χ0) is 23.3. The quantitative estimate of drug-likeness (QED) is 0.590. The van der Waals surface area contributed by atoms with Crippen molar-refractivity contribution < 1.29 is 9.59 Å². The predicted octanol–water partition coefficient (Wildman–Crippen LogP) is 4.58. The number of allylic oxidation sites excluding steroid dienone is 1. The van der Waals surface area contributed by atoms with Gasteiger partial charge in [-0.15, -0.1) is 0 Å². The molecule has 2 aliphatic rings.